The van der Waals surface area contributed by atoms with Crippen LogP contribution in [0.4, 0.5) is 5.82 Å². The van der Waals surface area contributed by atoms with Gasteiger partial charge in [-0.2, -0.15) is 14.3 Å². The average Bonchev–Trinajstić information content (AvgIpc) is 3.32. The number of rotatable bonds is 7. The lowest BCUT2D eigenvalue weighted by Gasteiger charge is -2.34. The van der Waals surface area contributed by atoms with E-state index >= 15 is 0 Å². The molecule has 0 aliphatic carbocycles. The molecule has 9 nitrogen and oxygen atoms in total. The van der Waals surface area contributed by atoms with Gasteiger partial charge in [0.25, 0.3) is 0 Å². The quantitative estimate of drug-likeness (QED) is 0.466. The Balaban J connectivity index is 1.51. The molecule has 0 amide bonds. The summed E-state index contributed by atoms with van der Waals surface area (Å²) in [5, 5.41) is 1.83. The Labute approximate surface area is 218 Å². The summed E-state index contributed by atoms with van der Waals surface area (Å²) in [6.45, 7) is 11.0. The number of benzene rings is 1. The van der Waals surface area contributed by atoms with Crippen molar-refractivity contribution in [3.63, 3.8) is 0 Å². The Morgan fingerprint density at radius 2 is 1.84 bits per heavy atom. The molecule has 1 aromatic carbocycles. The lowest BCUT2D eigenvalue weighted by atomic mass is 10.0. The molecule has 0 spiro atoms. The molecule has 1 atom stereocenters. The summed E-state index contributed by atoms with van der Waals surface area (Å²) >= 11 is 0. The highest BCUT2D eigenvalue weighted by molar-refractivity contribution is 7.92. The Bertz CT molecular complexity index is 1420. The zero-order chi connectivity index (χ0) is 26.2. The number of aryl methyl sites for hydroxylation is 1. The van der Waals surface area contributed by atoms with E-state index in [0.29, 0.717) is 50.5 Å². The van der Waals surface area contributed by atoms with Crippen molar-refractivity contribution in [2.75, 3.05) is 51.3 Å². The first-order chi connectivity index (χ1) is 17.8. The van der Waals surface area contributed by atoms with Gasteiger partial charge in [0.2, 0.25) is 10.0 Å². The highest BCUT2D eigenvalue weighted by Crippen LogP contribution is 2.31. The van der Waals surface area contributed by atoms with E-state index in [1.54, 1.807) is 0 Å². The number of hydrogen-bond acceptors (Lipinski definition) is 8. The predicted octanol–water partition coefficient (Wildman–Crippen LogP) is 3.38. The third-order valence-corrected chi connectivity index (χ3v) is 9.09. The van der Waals surface area contributed by atoms with Gasteiger partial charge in [-0.05, 0) is 63.5 Å². The van der Waals surface area contributed by atoms with E-state index in [9.17, 15) is 8.42 Å². The van der Waals surface area contributed by atoms with Gasteiger partial charge in [0.05, 0.1) is 11.1 Å². The molecule has 3 aromatic rings. The van der Waals surface area contributed by atoms with Crippen molar-refractivity contribution < 1.29 is 13.2 Å². The molecule has 4 heterocycles. The molecule has 10 heteroatoms. The number of piperazine rings is 1. The lowest BCUT2D eigenvalue weighted by molar-refractivity contribution is 0.188. The molecule has 2 aromatic heterocycles. The largest absolute Gasteiger partial charge is 0.462 e. The molecule has 2 saturated heterocycles. The van der Waals surface area contributed by atoms with Crippen molar-refractivity contribution in [3.05, 3.63) is 53.4 Å². The smallest absolute Gasteiger partial charge is 0.320 e. The standard InChI is InChI=1S/C27H34N6O3S/c1-5-37(34,35)33-16-14-32(15-17-33)26-23-11-12-24(22-10-6-8-19(2)20(22)3)28-25(23)29-27(30-26)36-18-21-9-7-13-31(21)4/h5-6,8,10-12,21H,1,7,9,13-18H2,2-4H3. The number of nitrogens with zero attached hydrogens (tertiary/aromatic N) is 6. The normalized spacial score (nSPS) is 19.4. The Morgan fingerprint density at radius 3 is 2.54 bits per heavy atom. The summed E-state index contributed by atoms with van der Waals surface area (Å²) < 4.78 is 32.1. The third-order valence-electron chi connectivity index (χ3n) is 7.58. The SMILES string of the molecule is C=CS(=O)(=O)N1CCN(c2nc(OCC3CCCN3C)nc3nc(-c4cccc(C)c4C)ccc23)CC1. The van der Waals surface area contributed by atoms with Crippen LogP contribution in [-0.4, -0.2) is 85.0 Å². The number of sulfonamides is 1. The molecule has 0 N–H and O–H groups in total. The minimum absolute atomic E-state index is 0.301. The first kappa shape index (κ1) is 25.6. The minimum atomic E-state index is -3.45. The second kappa shape index (κ2) is 10.4. The van der Waals surface area contributed by atoms with E-state index in [1.165, 1.54) is 15.4 Å². The highest BCUT2D eigenvalue weighted by atomic mass is 32.2. The summed E-state index contributed by atoms with van der Waals surface area (Å²) in [5.74, 6) is 0.718. The monoisotopic (exact) mass is 522 g/mol. The van der Waals surface area contributed by atoms with Crippen LogP contribution >= 0.6 is 0 Å². The molecular weight excluding hydrogens is 488 g/mol. The summed E-state index contributed by atoms with van der Waals surface area (Å²) in [7, 11) is -1.34. The van der Waals surface area contributed by atoms with E-state index in [0.717, 1.165) is 47.3 Å². The zero-order valence-corrected chi connectivity index (χ0v) is 22.5. The molecule has 2 fully saturated rings. The topological polar surface area (TPSA) is 91.8 Å². The molecular formula is C27H34N6O3S. The third kappa shape index (κ3) is 5.18. The van der Waals surface area contributed by atoms with Gasteiger partial charge in [-0.15, -0.1) is 0 Å². The Hall–Kier alpha value is -3.08. The molecule has 1 unspecified atom stereocenters. The summed E-state index contributed by atoms with van der Waals surface area (Å²) in [5.41, 5.74) is 4.88. The van der Waals surface area contributed by atoms with Crippen molar-refractivity contribution in [2.45, 2.75) is 32.7 Å². The Morgan fingerprint density at radius 1 is 1.05 bits per heavy atom. The van der Waals surface area contributed by atoms with Gasteiger partial charge in [0.15, 0.2) is 5.65 Å². The molecule has 196 valence electrons. The van der Waals surface area contributed by atoms with E-state index in [4.69, 9.17) is 19.7 Å². The van der Waals surface area contributed by atoms with Crippen LogP contribution in [0.5, 0.6) is 6.01 Å². The van der Waals surface area contributed by atoms with Crippen LogP contribution in [0.15, 0.2) is 42.3 Å². The van der Waals surface area contributed by atoms with Crippen LogP contribution in [-0.2, 0) is 10.0 Å². The second-order valence-corrected chi connectivity index (χ2v) is 11.7. The van der Waals surface area contributed by atoms with Gasteiger partial charge in [0, 0.05) is 43.2 Å². The second-order valence-electron chi connectivity index (χ2n) is 9.83. The van der Waals surface area contributed by atoms with Crippen LogP contribution in [0.2, 0.25) is 0 Å². The molecule has 0 radical (unpaired) electrons. The summed E-state index contributed by atoms with van der Waals surface area (Å²) in [4.78, 5) is 18.8. The van der Waals surface area contributed by atoms with Crippen LogP contribution in [0.1, 0.15) is 24.0 Å². The summed E-state index contributed by atoms with van der Waals surface area (Å²) in [6.07, 6.45) is 2.25. The number of anilines is 1. The maximum absolute atomic E-state index is 12.3. The van der Waals surface area contributed by atoms with Crippen molar-refractivity contribution in [2.24, 2.45) is 0 Å². The number of pyridine rings is 1. The maximum atomic E-state index is 12.3. The van der Waals surface area contributed by atoms with Crippen molar-refractivity contribution in [1.29, 1.82) is 0 Å². The molecule has 2 aliphatic heterocycles. The van der Waals surface area contributed by atoms with Crippen LogP contribution < -0.4 is 9.64 Å². The van der Waals surface area contributed by atoms with E-state index in [2.05, 4.69) is 49.4 Å². The van der Waals surface area contributed by atoms with Crippen molar-refractivity contribution in [1.82, 2.24) is 24.2 Å². The maximum Gasteiger partial charge on any atom is 0.320 e. The number of hydrogen-bond donors (Lipinski definition) is 0. The van der Waals surface area contributed by atoms with Gasteiger partial charge in [-0.3, -0.25) is 0 Å². The van der Waals surface area contributed by atoms with E-state index < -0.39 is 10.0 Å². The fourth-order valence-corrected chi connectivity index (χ4v) is 5.96. The highest BCUT2D eigenvalue weighted by Gasteiger charge is 2.28. The fraction of sp³-hybridized carbons (Fsp3) is 0.444. The lowest BCUT2D eigenvalue weighted by Crippen LogP contribution is -2.48. The zero-order valence-electron chi connectivity index (χ0n) is 21.7. The summed E-state index contributed by atoms with van der Waals surface area (Å²) in [6, 6.07) is 10.9. The van der Waals surface area contributed by atoms with Gasteiger partial charge < -0.3 is 14.5 Å². The number of aromatic nitrogens is 3. The number of likely N-dealkylation sites (N-methyl/N-ethyl adjacent to an activating group) is 1. The first-order valence-electron chi connectivity index (χ1n) is 12.7. The fourth-order valence-electron chi connectivity index (χ4n) is 5.08. The Kier molecular flexibility index (Phi) is 7.15. The van der Waals surface area contributed by atoms with Gasteiger partial charge in [0.1, 0.15) is 12.4 Å². The van der Waals surface area contributed by atoms with Gasteiger partial charge >= 0.3 is 6.01 Å². The van der Waals surface area contributed by atoms with Crippen LogP contribution in [0.25, 0.3) is 22.3 Å². The predicted molar refractivity (Wildman–Crippen MR) is 146 cm³/mol. The van der Waals surface area contributed by atoms with Crippen molar-refractivity contribution in [3.8, 4) is 17.3 Å². The minimum Gasteiger partial charge on any atom is -0.462 e. The van der Waals surface area contributed by atoms with Gasteiger partial charge in [-0.1, -0.05) is 24.8 Å². The first-order valence-corrected chi connectivity index (χ1v) is 14.2. The molecule has 2 aliphatic rings. The van der Waals surface area contributed by atoms with Crippen LogP contribution in [0, 0.1) is 13.8 Å². The molecule has 0 saturated carbocycles. The van der Waals surface area contributed by atoms with Crippen LogP contribution in [0.3, 0.4) is 0 Å². The van der Waals surface area contributed by atoms with E-state index in [1.807, 2.05) is 18.2 Å². The molecule has 37 heavy (non-hydrogen) atoms. The van der Waals surface area contributed by atoms with E-state index in [-0.39, 0.29) is 0 Å². The number of fused-ring (bicyclic) bond motifs is 1. The number of ether oxygens (including phenoxy) is 1. The average molecular weight is 523 g/mol. The number of likely N-dealkylation sites (tertiary alicyclic amines) is 1. The van der Waals surface area contributed by atoms with Gasteiger partial charge in [-0.25, -0.2) is 13.4 Å². The van der Waals surface area contributed by atoms with Crippen molar-refractivity contribution >= 4 is 26.9 Å². The molecule has 5 rings (SSSR count). The molecule has 0 bridgehead atoms.